The highest BCUT2D eigenvalue weighted by Gasteiger charge is 2.25. The molecule has 9 rings (SSSR count). The molecule has 1 aromatic heterocycles. The minimum absolute atomic E-state index is 0.278. The summed E-state index contributed by atoms with van der Waals surface area (Å²) in [6.45, 7) is 2.29. The molecule has 0 saturated heterocycles. The molecule has 0 spiro atoms. The summed E-state index contributed by atoms with van der Waals surface area (Å²) in [5.41, 5.74) is 10.00. The van der Waals surface area contributed by atoms with Crippen molar-refractivity contribution in [3.05, 3.63) is 184 Å². The molecule has 0 saturated carbocycles. The molecule has 5 aliphatic rings. The first kappa shape index (κ1) is 31.6. The van der Waals surface area contributed by atoms with E-state index in [1.165, 1.54) is 43.8 Å². The van der Waals surface area contributed by atoms with Crippen LogP contribution in [0.3, 0.4) is 0 Å². The molecule has 0 N–H and O–H groups in total. The predicted molar refractivity (Wildman–Crippen MR) is 211 cm³/mol. The minimum Gasteiger partial charge on any atom is -0.213 e. The van der Waals surface area contributed by atoms with Crippen LogP contribution in [0.15, 0.2) is 146 Å². The summed E-state index contributed by atoms with van der Waals surface area (Å²) in [6.07, 6.45) is 33.5. The van der Waals surface area contributed by atoms with E-state index in [-0.39, 0.29) is 5.92 Å². The number of fused-ring (bicyclic) bond motifs is 2. The van der Waals surface area contributed by atoms with E-state index in [0.29, 0.717) is 17.8 Å². The van der Waals surface area contributed by atoms with Crippen molar-refractivity contribution in [1.29, 1.82) is 0 Å². The van der Waals surface area contributed by atoms with Crippen LogP contribution in [-0.2, 0) is 0 Å². The summed E-state index contributed by atoms with van der Waals surface area (Å²) < 4.78 is 0. The lowest BCUT2D eigenvalue weighted by molar-refractivity contribution is 0.493. The summed E-state index contributed by atoms with van der Waals surface area (Å²) in [6, 6.07) is 26.8. The molecule has 3 heteroatoms. The SMILES string of the molecule is CC1C=CCC(c2nc(C3=CCCC=C3)nc(-c3cc(C4=CCC(c5ccccc5)C=C4)cc(C4=c5ccccc5=C5C=CC=CC5C4)c3)n2)C1. The first-order valence-corrected chi connectivity index (χ1v) is 18.7. The minimum atomic E-state index is 0.278. The van der Waals surface area contributed by atoms with Gasteiger partial charge in [-0.3, -0.25) is 0 Å². The number of benzene rings is 3. The molecule has 0 fully saturated rings. The molecular weight excluding hydrogens is 619 g/mol. The third-order valence-electron chi connectivity index (χ3n) is 11.1. The summed E-state index contributed by atoms with van der Waals surface area (Å²) in [5, 5.41) is 2.65. The number of rotatable bonds is 6. The molecule has 4 atom stereocenters. The zero-order chi connectivity index (χ0) is 34.1. The molecule has 4 unspecified atom stereocenters. The van der Waals surface area contributed by atoms with E-state index in [0.717, 1.165) is 67.1 Å². The smallest absolute Gasteiger partial charge is 0.163 e. The average Bonchev–Trinajstić information content (AvgIpc) is 3.21. The van der Waals surface area contributed by atoms with E-state index in [1.807, 2.05) is 0 Å². The van der Waals surface area contributed by atoms with Gasteiger partial charge in [-0.1, -0.05) is 134 Å². The highest BCUT2D eigenvalue weighted by atomic mass is 15.0. The van der Waals surface area contributed by atoms with Crippen molar-refractivity contribution in [2.45, 2.75) is 57.3 Å². The van der Waals surface area contributed by atoms with Crippen LogP contribution in [0.25, 0.3) is 33.7 Å². The third-order valence-corrected chi connectivity index (χ3v) is 11.1. The fraction of sp³-hybridized carbons (Fsp3) is 0.229. The molecule has 5 aliphatic carbocycles. The Morgan fingerprint density at radius 3 is 2.25 bits per heavy atom. The molecule has 0 radical (unpaired) electrons. The van der Waals surface area contributed by atoms with Gasteiger partial charge in [0.05, 0.1) is 0 Å². The van der Waals surface area contributed by atoms with Crippen LogP contribution in [-0.4, -0.2) is 15.0 Å². The van der Waals surface area contributed by atoms with E-state index < -0.39 is 0 Å². The molecule has 0 bridgehead atoms. The number of nitrogens with zero attached hydrogens (tertiary/aromatic N) is 3. The van der Waals surface area contributed by atoms with Crippen molar-refractivity contribution in [3.63, 3.8) is 0 Å². The quantitative estimate of drug-likeness (QED) is 0.193. The van der Waals surface area contributed by atoms with E-state index >= 15 is 0 Å². The normalized spacial score (nSPS) is 23.5. The van der Waals surface area contributed by atoms with Crippen molar-refractivity contribution < 1.29 is 0 Å². The van der Waals surface area contributed by atoms with Crippen LogP contribution in [0, 0.1) is 11.8 Å². The van der Waals surface area contributed by atoms with E-state index in [2.05, 4.69) is 153 Å². The highest BCUT2D eigenvalue weighted by Crippen LogP contribution is 2.38. The third kappa shape index (κ3) is 6.38. The van der Waals surface area contributed by atoms with Gasteiger partial charge < -0.3 is 0 Å². The first-order chi connectivity index (χ1) is 25.2. The standard InChI is InChI=1S/C48H43N3/c1-32-13-12-19-38(27-32)47-49-46(36-16-6-3-7-17-36)50-48(51-47)41-29-39(35-25-23-34(24-26-35)33-14-4-2-5-15-33)28-40(30-41)45-31-37-18-8-9-20-42(37)43-21-10-11-22-44(43)45/h2,4-6,8-18,20-23,25-26,28-30,32,34,37-38H,3,7,19,24,27,31H2,1H3. The van der Waals surface area contributed by atoms with Crippen molar-refractivity contribution in [2.24, 2.45) is 11.8 Å². The van der Waals surface area contributed by atoms with Crippen molar-refractivity contribution in [1.82, 2.24) is 15.0 Å². The van der Waals surface area contributed by atoms with Gasteiger partial charge in [0.15, 0.2) is 11.6 Å². The molecule has 0 amide bonds. The van der Waals surface area contributed by atoms with Gasteiger partial charge in [0, 0.05) is 28.9 Å². The molecule has 3 aromatic carbocycles. The number of aromatic nitrogens is 3. The lowest BCUT2D eigenvalue weighted by atomic mass is 9.79. The fourth-order valence-corrected chi connectivity index (χ4v) is 8.45. The lowest BCUT2D eigenvalue weighted by Crippen LogP contribution is -2.35. The maximum atomic E-state index is 5.31. The Morgan fingerprint density at radius 1 is 0.608 bits per heavy atom. The summed E-state index contributed by atoms with van der Waals surface area (Å²) in [7, 11) is 0. The molecule has 1 heterocycles. The molecule has 250 valence electrons. The van der Waals surface area contributed by atoms with Crippen LogP contribution in [0.2, 0.25) is 0 Å². The zero-order valence-electron chi connectivity index (χ0n) is 29.3. The van der Waals surface area contributed by atoms with E-state index in [4.69, 9.17) is 15.0 Å². The number of hydrogen-bond acceptors (Lipinski definition) is 3. The second-order valence-electron chi connectivity index (χ2n) is 14.7. The Kier molecular flexibility index (Phi) is 8.49. The Hall–Kier alpha value is -5.41. The van der Waals surface area contributed by atoms with Gasteiger partial charge in [-0.25, -0.2) is 15.0 Å². The highest BCUT2D eigenvalue weighted by molar-refractivity contribution is 5.84. The first-order valence-electron chi connectivity index (χ1n) is 18.7. The maximum Gasteiger partial charge on any atom is 0.163 e. The van der Waals surface area contributed by atoms with Crippen LogP contribution in [0.1, 0.15) is 85.6 Å². The Balaban J connectivity index is 1.22. The van der Waals surface area contributed by atoms with Crippen molar-refractivity contribution in [2.75, 3.05) is 0 Å². The molecule has 0 aliphatic heterocycles. The number of hydrogen-bond donors (Lipinski definition) is 0. The summed E-state index contributed by atoms with van der Waals surface area (Å²) in [4.78, 5) is 15.7. The largest absolute Gasteiger partial charge is 0.213 e. The van der Waals surface area contributed by atoms with Gasteiger partial charge in [0.2, 0.25) is 0 Å². The van der Waals surface area contributed by atoms with Crippen LogP contribution < -0.4 is 10.4 Å². The zero-order valence-corrected chi connectivity index (χ0v) is 29.3. The van der Waals surface area contributed by atoms with Crippen molar-refractivity contribution in [3.8, 4) is 11.4 Å². The predicted octanol–water partition coefficient (Wildman–Crippen LogP) is 9.96. The lowest BCUT2D eigenvalue weighted by Gasteiger charge is -2.25. The fourth-order valence-electron chi connectivity index (χ4n) is 8.45. The van der Waals surface area contributed by atoms with Crippen molar-refractivity contribution >= 4 is 22.3 Å². The topological polar surface area (TPSA) is 38.7 Å². The van der Waals surface area contributed by atoms with Gasteiger partial charge in [-0.15, -0.1) is 0 Å². The Bertz CT molecular complexity index is 2350. The maximum absolute atomic E-state index is 5.31. The summed E-state index contributed by atoms with van der Waals surface area (Å²) >= 11 is 0. The molecular formula is C48H43N3. The second-order valence-corrected chi connectivity index (χ2v) is 14.7. The van der Waals surface area contributed by atoms with Gasteiger partial charge in [0.25, 0.3) is 0 Å². The van der Waals surface area contributed by atoms with Gasteiger partial charge in [-0.05, 0) is 106 Å². The van der Waals surface area contributed by atoms with E-state index in [9.17, 15) is 0 Å². The monoisotopic (exact) mass is 661 g/mol. The van der Waals surface area contributed by atoms with Crippen LogP contribution in [0.4, 0.5) is 0 Å². The Labute approximate surface area is 301 Å². The van der Waals surface area contributed by atoms with Gasteiger partial charge in [0.1, 0.15) is 5.82 Å². The van der Waals surface area contributed by atoms with Crippen LogP contribution in [0.5, 0.6) is 0 Å². The molecule has 51 heavy (non-hydrogen) atoms. The van der Waals surface area contributed by atoms with Gasteiger partial charge >= 0.3 is 0 Å². The van der Waals surface area contributed by atoms with Crippen LogP contribution >= 0.6 is 0 Å². The van der Waals surface area contributed by atoms with Gasteiger partial charge in [-0.2, -0.15) is 0 Å². The van der Waals surface area contributed by atoms with E-state index in [1.54, 1.807) is 0 Å². The second kappa shape index (κ2) is 13.7. The number of allylic oxidation sites excluding steroid dienone is 14. The summed E-state index contributed by atoms with van der Waals surface area (Å²) in [5.74, 6) is 3.99. The molecule has 3 nitrogen and oxygen atoms in total. The molecule has 4 aromatic rings. The Morgan fingerprint density at radius 2 is 1.43 bits per heavy atom. The average molecular weight is 662 g/mol.